The van der Waals surface area contributed by atoms with E-state index in [2.05, 4.69) is 20.3 Å². The van der Waals surface area contributed by atoms with E-state index in [1.165, 1.54) is 24.3 Å². The smallest absolute Gasteiger partial charge is 0.322 e. The molecule has 0 spiro atoms. The lowest BCUT2D eigenvalue weighted by atomic mass is 9.96. The van der Waals surface area contributed by atoms with E-state index in [0.717, 1.165) is 11.3 Å². The highest BCUT2D eigenvalue weighted by Gasteiger charge is 2.29. The minimum atomic E-state index is -0.393. The van der Waals surface area contributed by atoms with Gasteiger partial charge in [-0.3, -0.25) is 4.98 Å². The molecule has 3 N–H and O–H groups in total. The van der Waals surface area contributed by atoms with Gasteiger partial charge in [-0.1, -0.05) is 0 Å². The van der Waals surface area contributed by atoms with Gasteiger partial charge in [-0.15, -0.1) is 0 Å². The molecule has 0 atom stereocenters. The van der Waals surface area contributed by atoms with Gasteiger partial charge in [-0.2, -0.15) is 9.97 Å². The Morgan fingerprint density at radius 3 is 2.61 bits per heavy atom. The number of benzene rings is 2. The maximum absolute atomic E-state index is 14.5. The lowest BCUT2D eigenvalue weighted by molar-refractivity contribution is 0.439. The van der Waals surface area contributed by atoms with Gasteiger partial charge in [0.1, 0.15) is 17.4 Å². The number of rotatable bonds is 5. The van der Waals surface area contributed by atoms with E-state index in [9.17, 15) is 8.78 Å². The van der Waals surface area contributed by atoms with Crippen molar-refractivity contribution in [2.45, 2.75) is 19.9 Å². The summed E-state index contributed by atoms with van der Waals surface area (Å²) in [4.78, 5) is 13.5. The van der Waals surface area contributed by atoms with Gasteiger partial charge in [0.05, 0.1) is 17.6 Å². The molecule has 0 saturated carbocycles. The van der Waals surface area contributed by atoms with Gasteiger partial charge in [0.2, 0.25) is 0 Å². The Hall–Kier alpha value is -3.91. The van der Waals surface area contributed by atoms with Crippen LogP contribution in [0.15, 0.2) is 48.7 Å². The van der Waals surface area contributed by atoms with Gasteiger partial charge in [0.15, 0.2) is 0 Å². The van der Waals surface area contributed by atoms with Crippen LogP contribution in [0, 0.1) is 18.6 Å². The van der Waals surface area contributed by atoms with Crippen molar-refractivity contribution in [3.8, 4) is 34.1 Å². The number of ether oxygens (including phenoxy) is 1. The molecule has 0 radical (unpaired) electrons. The van der Waals surface area contributed by atoms with Crippen LogP contribution in [0.1, 0.15) is 22.5 Å². The molecule has 0 amide bonds. The second kappa shape index (κ2) is 8.22. The molecule has 2 aromatic carbocycles. The molecule has 2 heterocycles. The Kier molecular flexibility index (Phi) is 5.22. The summed E-state index contributed by atoms with van der Waals surface area (Å²) >= 11 is 0. The van der Waals surface area contributed by atoms with Gasteiger partial charge in [-0.25, -0.2) is 8.78 Å². The summed E-state index contributed by atoms with van der Waals surface area (Å²) in [5.74, 6) is -0.278. The van der Waals surface area contributed by atoms with E-state index >= 15 is 0 Å². The van der Waals surface area contributed by atoms with Gasteiger partial charge in [0, 0.05) is 42.5 Å². The van der Waals surface area contributed by atoms with Crippen molar-refractivity contribution in [3.63, 3.8) is 0 Å². The third kappa shape index (κ3) is 3.78. The normalized spacial score (nSPS) is 11.8. The third-order valence-electron chi connectivity index (χ3n) is 5.70. The average Bonchev–Trinajstić information content (AvgIpc) is 3.17. The number of anilines is 1. The zero-order valence-electron chi connectivity index (χ0n) is 18.1. The van der Waals surface area contributed by atoms with Crippen LogP contribution in [0.25, 0.3) is 22.4 Å². The molecule has 6 nitrogen and oxygen atoms in total. The zero-order chi connectivity index (χ0) is 23.1. The lowest BCUT2D eigenvalue weighted by Gasteiger charge is -2.14. The van der Waals surface area contributed by atoms with Gasteiger partial charge in [-0.05, 0) is 66.1 Å². The van der Waals surface area contributed by atoms with Crippen LogP contribution in [0.2, 0.25) is 0 Å². The highest BCUT2D eigenvalue weighted by atomic mass is 19.1. The standard InChI is InChI=1S/C25H21F2N5O/c1-13-3-5-17(12-30-13)33-25-31-22-10-19-20(8-16(27)9-21(19)29-2)23(22)24(32-25)18-6-4-15(26)7-14(18)11-28/h3-9,12,29H,10-11,28H2,1-2H3. The molecule has 0 bridgehead atoms. The Morgan fingerprint density at radius 1 is 1.03 bits per heavy atom. The number of hydrogen-bond donors (Lipinski definition) is 2. The predicted molar refractivity (Wildman–Crippen MR) is 122 cm³/mol. The summed E-state index contributed by atoms with van der Waals surface area (Å²) in [6.07, 6.45) is 2.07. The van der Waals surface area contributed by atoms with Crippen molar-refractivity contribution < 1.29 is 13.5 Å². The first-order valence-electron chi connectivity index (χ1n) is 10.5. The Labute approximate surface area is 189 Å². The number of aromatic nitrogens is 3. The highest BCUT2D eigenvalue weighted by molar-refractivity contribution is 5.91. The molecule has 0 saturated heterocycles. The monoisotopic (exact) mass is 445 g/mol. The summed E-state index contributed by atoms with van der Waals surface area (Å²) < 4.78 is 34.3. The molecule has 0 unspecified atom stereocenters. The molecule has 0 aliphatic heterocycles. The van der Waals surface area contributed by atoms with E-state index in [0.29, 0.717) is 51.5 Å². The molecule has 2 aromatic heterocycles. The van der Waals surface area contributed by atoms with Gasteiger partial charge < -0.3 is 15.8 Å². The second-order valence-electron chi connectivity index (χ2n) is 7.83. The number of halogens is 2. The third-order valence-corrected chi connectivity index (χ3v) is 5.70. The molecule has 4 aromatic rings. The highest BCUT2D eigenvalue weighted by Crippen LogP contribution is 2.46. The Morgan fingerprint density at radius 2 is 1.88 bits per heavy atom. The first-order valence-corrected chi connectivity index (χ1v) is 10.5. The van der Waals surface area contributed by atoms with E-state index in [1.54, 1.807) is 25.4 Å². The summed E-state index contributed by atoms with van der Waals surface area (Å²) in [6.45, 7) is 1.99. The molecular weight excluding hydrogens is 424 g/mol. The maximum Gasteiger partial charge on any atom is 0.322 e. The second-order valence-corrected chi connectivity index (χ2v) is 7.83. The molecule has 5 rings (SSSR count). The topological polar surface area (TPSA) is 86.0 Å². The molecule has 1 aliphatic carbocycles. The van der Waals surface area contributed by atoms with E-state index < -0.39 is 5.82 Å². The van der Waals surface area contributed by atoms with Crippen LogP contribution < -0.4 is 15.8 Å². The number of nitrogens with two attached hydrogens (primary N) is 1. The van der Waals surface area contributed by atoms with Crippen LogP contribution in [0.4, 0.5) is 14.5 Å². The lowest BCUT2D eigenvalue weighted by Crippen LogP contribution is -2.04. The largest absolute Gasteiger partial charge is 0.423 e. The molecular formula is C25H21F2N5O. The first-order chi connectivity index (χ1) is 16.0. The number of nitrogens with one attached hydrogen (secondary N) is 1. The Bertz CT molecular complexity index is 1370. The van der Waals surface area contributed by atoms with Crippen molar-refractivity contribution in [1.82, 2.24) is 15.0 Å². The SMILES string of the molecule is CNc1cc(F)cc2c1Cc1nc(Oc3ccc(C)nc3)nc(-c3ccc(F)cc3CN)c1-2. The number of fused-ring (bicyclic) bond motifs is 3. The summed E-state index contributed by atoms with van der Waals surface area (Å²) in [6, 6.07) is 11.0. The molecule has 1 aliphatic rings. The van der Waals surface area contributed by atoms with Gasteiger partial charge in [0.25, 0.3) is 0 Å². The van der Waals surface area contributed by atoms with Crippen LogP contribution in [0.5, 0.6) is 11.8 Å². The fraction of sp³-hybridized carbons (Fsp3) is 0.160. The first kappa shape index (κ1) is 21.0. The number of hydrogen-bond acceptors (Lipinski definition) is 6. The quantitative estimate of drug-likeness (QED) is 0.396. The minimum Gasteiger partial charge on any atom is -0.423 e. The summed E-state index contributed by atoms with van der Waals surface area (Å²) in [5, 5.41) is 3.05. The minimum absolute atomic E-state index is 0.113. The van der Waals surface area contributed by atoms with Crippen molar-refractivity contribution >= 4 is 5.69 Å². The average molecular weight is 445 g/mol. The van der Waals surface area contributed by atoms with Crippen molar-refractivity contribution in [3.05, 3.63) is 82.8 Å². The zero-order valence-corrected chi connectivity index (χ0v) is 18.1. The van der Waals surface area contributed by atoms with Crippen LogP contribution >= 0.6 is 0 Å². The summed E-state index contributed by atoms with van der Waals surface area (Å²) in [7, 11) is 1.75. The predicted octanol–water partition coefficient (Wildman–Crippen LogP) is 4.99. The molecule has 166 valence electrons. The fourth-order valence-corrected chi connectivity index (χ4v) is 4.16. The number of pyridine rings is 1. The van der Waals surface area contributed by atoms with E-state index in [4.69, 9.17) is 10.5 Å². The van der Waals surface area contributed by atoms with E-state index in [1.807, 2.05) is 13.0 Å². The van der Waals surface area contributed by atoms with Crippen LogP contribution in [-0.4, -0.2) is 22.0 Å². The number of nitrogens with zero attached hydrogens (tertiary/aromatic N) is 3. The van der Waals surface area contributed by atoms with Crippen molar-refractivity contribution in [2.75, 3.05) is 12.4 Å². The maximum atomic E-state index is 14.5. The van der Waals surface area contributed by atoms with E-state index in [-0.39, 0.29) is 18.4 Å². The van der Waals surface area contributed by atoms with Crippen LogP contribution in [0.3, 0.4) is 0 Å². The molecule has 0 fully saturated rings. The van der Waals surface area contributed by atoms with Crippen LogP contribution in [-0.2, 0) is 13.0 Å². The fourth-order valence-electron chi connectivity index (χ4n) is 4.16. The number of aryl methyl sites for hydroxylation is 1. The Balaban J connectivity index is 1.73. The van der Waals surface area contributed by atoms with Crippen molar-refractivity contribution in [2.24, 2.45) is 5.73 Å². The summed E-state index contributed by atoms with van der Waals surface area (Å²) in [5.41, 5.74) is 12.2. The molecule has 8 heteroatoms. The van der Waals surface area contributed by atoms with Crippen molar-refractivity contribution in [1.29, 1.82) is 0 Å². The van der Waals surface area contributed by atoms with Gasteiger partial charge >= 0.3 is 6.01 Å². The molecule has 33 heavy (non-hydrogen) atoms.